The Balaban J connectivity index is 2.14. The lowest BCUT2D eigenvalue weighted by Gasteiger charge is -2.30. The number of carbonyl (C=O) groups is 1. The summed E-state index contributed by atoms with van der Waals surface area (Å²) in [5, 5.41) is 10.3. The molecule has 0 saturated heterocycles. The van der Waals surface area contributed by atoms with Crippen molar-refractivity contribution in [1.29, 1.82) is 0 Å². The van der Waals surface area contributed by atoms with Crippen LogP contribution in [0.4, 0.5) is 0 Å². The molecule has 1 aliphatic heterocycles. The van der Waals surface area contributed by atoms with Gasteiger partial charge in [0.2, 0.25) is 0 Å². The van der Waals surface area contributed by atoms with Crippen LogP contribution < -0.4 is 14.2 Å². The molecule has 0 radical (unpaired) electrons. The van der Waals surface area contributed by atoms with Gasteiger partial charge < -0.3 is 19.3 Å². The molecule has 0 amide bonds. The van der Waals surface area contributed by atoms with Crippen molar-refractivity contribution in [2.24, 2.45) is 0 Å². The van der Waals surface area contributed by atoms with Crippen LogP contribution in [0.25, 0.3) is 0 Å². The van der Waals surface area contributed by atoms with Crippen molar-refractivity contribution in [2.45, 2.75) is 32.0 Å². The number of rotatable bonds is 6. The van der Waals surface area contributed by atoms with Crippen molar-refractivity contribution in [1.82, 2.24) is 0 Å². The second-order valence-corrected chi connectivity index (χ2v) is 6.67. The largest absolute Gasteiger partial charge is 0.496 e. The number of hydrogen-bond donors (Lipinski definition) is 1. The summed E-state index contributed by atoms with van der Waals surface area (Å²) in [4.78, 5) is 12.9. The zero-order valence-corrected chi connectivity index (χ0v) is 15.8. The third-order valence-corrected chi connectivity index (χ3v) is 4.79. The third kappa shape index (κ3) is 3.69. The van der Waals surface area contributed by atoms with E-state index in [9.17, 15) is 9.90 Å². The number of hydrogen-bond acceptors (Lipinski definition) is 5. The molecule has 0 aromatic heterocycles. The van der Waals surface area contributed by atoms with E-state index >= 15 is 0 Å². The molecule has 2 atom stereocenters. The average molecular weight is 368 g/mol. The normalized spacial score (nSPS) is 16.9. The van der Waals surface area contributed by atoms with Gasteiger partial charge in [0.25, 0.3) is 0 Å². The summed E-state index contributed by atoms with van der Waals surface area (Å²) < 4.78 is 17.2. The van der Waals surface area contributed by atoms with Gasteiger partial charge in [-0.15, -0.1) is 0 Å². The minimum Gasteiger partial charge on any atom is -0.496 e. The van der Waals surface area contributed by atoms with E-state index in [0.717, 1.165) is 5.56 Å². The molecule has 27 heavy (non-hydrogen) atoms. The van der Waals surface area contributed by atoms with Gasteiger partial charge in [-0.3, -0.25) is 4.79 Å². The van der Waals surface area contributed by atoms with E-state index in [1.54, 1.807) is 13.0 Å². The summed E-state index contributed by atoms with van der Waals surface area (Å²) in [5.74, 6) is 1.27. The van der Waals surface area contributed by atoms with Gasteiger partial charge in [-0.1, -0.05) is 42.5 Å². The van der Waals surface area contributed by atoms with Crippen molar-refractivity contribution < 1.29 is 24.1 Å². The highest BCUT2D eigenvalue weighted by molar-refractivity contribution is 6.03. The number of methoxy groups -OCH3 is 2. The van der Waals surface area contributed by atoms with Gasteiger partial charge in [0, 0.05) is 18.1 Å². The van der Waals surface area contributed by atoms with E-state index in [1.807, 2.05) is 30.3 Å². The number of ketones is 1. The molecule has 0 spiro atoms. The molecule has 2 aromatic rings. The number of aliphatic hydroxyl groups excluding tert-OH is 1. The Morgan fingerprint density at radius 1 is 1.26 bits per heavy atom. The molecule has 0 saturated carbocycles. The summed E-state index contributed by atoms with van der Waals surface area (Å²) in [5.41, 5.74) is 2.58. The highest BCUT2D eigenvalue weighted by Gasteiger charge is 2.34. The van der Waals surface area contributed by atoms with E-state index in [4.69, 9.17) is 14.2 Å². The van der Waals surface area contributed by atoms with Crippen molar-refractivity contribution in [3.8, 4) is 17.2 Å². The van der Waals surface area contributed by atoms with Crippen LogP contribution in [0.5, 0.6) is 17.2 Å². The van der Waals surface area contributed by atoms with Crippen molar-refractivity contribution in [3.63, 3.8) is 0 Å². The number of fused-ring (bicyclic) bond motifs is 1. The minimum atomic E-state index is -0.771. The topological polar surface area (TPSA) is 65.0 Å². The summed E-state index contributed by atoms with van der Waals surface area (Å²) >= 11 is 0. The Labute approximate surface area is 159 Å². The summed E-state index contributed by atoms with van der Waals surface area (Å²) in [7, 11) is 3.05. The van der Waals surface area contributed by atoms with Crippen LogP contribution in [0.1, 0.15) is 40.9 Å². The summed E-state index contributed by atoms with van der Waals surface area (Å²) in [6.07, 6.45) is -0.710. The average Bonchev–Trinajstić information content (AvgIpc) is 2.68. The Morgan fingerprint density at radius 3 is 2.52 bits per heavy atom. The summed E-state index contributed by atoms with van der Waals surface area (Å²) in [6.45, 7) is 5.56. The first-order valence-electron chi connectivity index (χ1n) is 8.82. The van der Waals surface area contributed by atoms with E-state index in [1.165, 1.54) is 14.2 Å². The molecule has 1 aliphatic rings. The van der Waals surface area contributed by atoms with E-state index < -0.39 is 12.2 Å². The fourth-order valence-electron chi connectivity index (χ4n) is 3.26. The van der Waals surface area contributed by atoms with Crippen LogP contribution in [0.3, 0.4) is 0 Å². The quantitative estimate of drug-likeness (QED) is 0.784. The minimum absolute atomic E-state index is 0.0596. The number of carbonyl (C=O) groups excluding carboxylic acids is 1. The predicted octanol–water partition coefficient (Wildman–Crippen LogP) is 3.89. The fourth-order valence-corrected chi connectivity index (χ4v) is 3.26. The SMILES string of the molecule is C=C(C)C(O)Cc1c(OC)cc(OC)c2c1O[C@H](c1ccccc1)CC2=O. The lowest BCUT2D eigenvalue weighted by Crippen LogP contribution is -2.24. The van der Waals surface area contributed by atoms with Crippen molar-refractivity contribution >= 4 is 5.78 Å². The first kappa shape index (κ1) is 19.0. The number of Topliss-reactive ketones (excluding diaryl/α,β-unsaturated/α-hetero) is 1. The fraction of sp³-hybridized carbons (Fsp3) is 0.318. The van der Waals surface area contributed by atoms with Crippen molar-refractivity contribution in [2.75, 3.05) is 14.2 Å². The Kier molecular flexibility index (Phi) is 5.51. The van der Waals surface area contributed by atoms with Crippen LogP contribution in [-0.2, 0) is 6.42 Å². The standard InChI is InChI=1S/C22H24O5/c1-13(2)16(23)10-15-19(25-3)12-20(26-4)21-17(24)11-18(27-22(15)21)14-8-6-5-7-9-14/h5-9,12,16,18,23H,1,10-11H2,2-4H3/t16?,18-/m0/s1. The van der Waals surface area contributed by atoms with Gasteiger partial charge in [0.05, 0.1) is 26.7 Å². The zero-order valence-electron chi connectivity index (χ0n) is 15.8. The molecule has 142 valence electrons. The molecule has 1 heterocycles. The molecule has 3 rings (SSSR count). The van der Waals surface area contributed by atoms with Crippen LogP contribution in [0.2, 0.25) is 0 Å². The molecule has 5 nitrogen and oxygen atoms in total. The Bertz CT molecular complexity index is 857. The molecule has 2 aromatic carbocycles. The highest BCUT2D eigenvalue weighted by Crippen LogP contribution is 2.46. The van der Waals surface area contributed by atoms with Gasteiger partial charge in [0.15, 0.2) is 5.78 Å². The number of aliphatic hydroxyl groups is 1. The molecule has 0 fully saturated rings. The van der Waals surface area contributed by atoms with Gasteiger partial charge in [-0.25, -0.2) is 0 Å². The third-order valence-electron chi connectivity index (χ3n) is 4.79. The van der Waals surface area contributed by atoms with E-state index in [0.29, 0.717) is 33.9 Å². The van der Waals surface area contributed by atoms with Crippen molar-refractivity contribution in [3.05, 3.63) is 65.2 Å². The first-order chi connectivity index (χ1) is 13.0. The van der Waals surface area contributed by atoms with Gasteiger partial charge in [-0.05, 0) is 12.5 Å². The second-order valence-electron chi connectivity index (χ2n) is 6.67. The van der Waals surface area contributed by atoms with E-state index in [2.05, 4.69) is 6.58 Å². The summed E-state index contributed by atoms with van der Waals surface area (Å²) in [6, 6.07) is 11.3. The smallest absolute Gasteiger partial charge is 0.174 e. The van der Waals surface area contributed by atoms with Gasteiger partial charge >= 0.3 is 0 Å². The molecule has 0 aliphatic carbocycles. The van der Waals surface area contributed by atoms with Gasteiger partial charge in [-0.2, -0.15) is 0 Å². The monoisotopic (exact) mass is 368 g/mol. The second kappa shape index (κ2) is 7.84. The number of benzene rings is 2. The lowest BCUT2D eigenvalue weighted by atomic mass is 9.91. The molecule has 1 unspecified atom stereocenters. The number of ether oxygens (including phenoxy) is 3. The molecule has 0 bridgehead atoms. The van der Waals surface area contributed by atoms with Gasteiger partial charge in [0.1, 0.15) is 28.9 Å². The molecular formula is C22H24O5. The van der Waals surface area contributed by atoms with Crippen LogP contribution in [0, 0.1) is 0 Å². The molecule has 1 N–H and O–H groups in total. The maximum atomic E-state index is 12.9. The Hall–Kier alpha value is -2.79. The van der Waals surface area contributed by atoms with Crippen LogP contribution in [0.15, 0.2) is 48.6 Å². The zero-order chi connectivity index (χ0) is 19.6. The predicted molar refractivity (Wildman–Crippen MR) is 103 cm³/mol. The maximum absolute atomic E-state index is 12.9. The lowest BCUT2D eigenvalue weighted by molar-refractivity contribution is 0.0839. The maximum Gasteiger partial charge on any atom is 0.174 e. The molecule has 5 heteroatoms. The Morgan fingerprint density at radius 2 is 1.93 bits per heavy atom. The van der Waals surface area contributed by atoms with Crippen LogP contribution in [-0.4, -0.2) is 31.2 Å². The first-order valence-corrected chi connectivity index (χ1v) is 8.82. The van der Waals surface area contributed by atoms with Crippen LogP contribution >= 0.6 is 0 Å². The molecular weight excluding hydrogens is 344 g/mol. The van der Waals surface area contributed by atoms with E-state index in [-0.39, 0.29) is 18.6 Å². The highest BCUT2D eigenvalue weighted by atomic mass is 16.5.